The van der Waals surface area contributed by atoms with Crippen molar-refractivity contribution in [3.05, 3.63) is 42.7 Å². The second-order valence-electron chi connectivity index (χ2n) is 3.96. The Bertz CT molecular complexity index is 808. The highest BCUT2D eigenvalue weighted by molar-refractivity contribution is 6.17. The van der Waals surface area contributed by atoms with Gasteiger partial charge in [0, 0.05) is 22.5 Å². The average molecular weight is 207 g/mol. The summed E-state index contributed by atoms with van der Waals surface area (Å²) in [4.78, 5) is 11.0. The molecule has 3 aromatic heterocycles. The number of benzene rings is 1. The molecule has 16 heavy (non-hydrogen) atoms. The van der Waals surface area contributed by atoms with Crippen LogP contribution in [0.5, 0.6) is 0 Å². The van der Waals surface area contributed by atoms with Crippen LogP contribution in [0.4, 0.5) is 0 Å². The molecular weight excluding hydrogens is 198 g/mol. The standard InChI is InChI=1S/C13H9N3/c1-2-4-9-8(3-1)12-11(16-9)7-15-10-5-6-14-13(10)12/h1-7,14,16H. The summed E-state index contributed by atoms with van der Waals surface area (Å²) in [6, 6.07) is 10.3. The van der Waals surface area contributed by atoms with Crippen molar-refractivity contribution in [2.24, 2.45) is 0 Å². The molecule has 0 bridgehead atoms. The molecule has 76 valence electrons. The molecule has 0 spiro atoms. The maximum atomic E-state index is 4.40. The smallest absolute Gasteiger partial charge is 0.0886 e. The van der Waals surface area contributed by atoms with Crippen LogP contribution < -0.4 is 0 Å². The van der Waals surface area contributed by atoms with Crippen molar-refractivity contribution in [2.45, 2.75) is 0 Å². The second-order valence-corrected chi connectivity index (χ2v) is 3.96. The van der Waals surface area contributed by atoms with Crippen molar-refractivity contribution in [1.82, 2.24) is 15.0 Å². The molecule has 0 atom stereocenters. The van der Waals surface area contributed by atoms with Crippen LogP contribution in [0.3, 0.4) is 0 Å². The van der Waals surface area contributed by atoms with Crippen LogP contribution in [0.1, 0.15) is 0 Å². The predicted molar refractivity (Wildman–Crippen MR) is 65.5 cm³/mol. The number of pyridine rings is 1. The Morgan fingerprint density at radius 3 is 2.94 bits per heavy atom. The molecule has 3 heteroatoms. The van der Waals surface area contributed by atoms with Gasteiger partial charge in [-0.2, -0.15) is 0 Å². The summed E-state index contributed by atoms with van der Waals surface area (Å²) >= 11 is 0. The largest absolute Gasteiger partial charge is 0.359 e. The van der Waals surface area contributed by atoms with Gasteiger partial charge in [0.15, 0.2) is 0 Å². The molecule has 0 aliphatic carbocycles. The van der Waals surface area contributed by atoms with Crippen molar-refractivity contribution in [3.63, 3.8) is 0 Å². The monoisotopic (exact) mass is 207 g/mol. The lowest BCUT2D eigenvalue weighted by atomic mass is 10.1. The number of para-hydroxylation sites is 1. The van der Waals surface area contributed by atoms with Crippen LogP contribution in [0.2, 0.25) is 0 Å². The van der Waals surface area contributed by atoms with Crippen molar-refractivity contribution in [1.29, 1.82) is 0 Å². The topological polar surface area (TPSA) is 44.5 Å². The maximum absolute atomic E-state index is 4.40. The zero-order valence-corrected chi connectivity index (χ0v) is 8.49. The zero-order chi connectivity index (χ0) is 10.5. The maximum Gasteiger partial charge on any atom is 0.0886 e. The van der Waals surface area contributed by atoms with E-state index in [4.69, 9.17) is 0 Å². The highest BCUT2D eigenvalue weighted by Gasteiger charge is 2.08. The van der Waals surface area contributed by atoms with Crippen LogP contribution in [-0.2, 0) is 0 Å². The van der Waals surface area contributed by atoms with E-state index in [0.717, 1.165) is 22.1 Å². The Morgan fingerprint density at radius 1 is 1.00 bits per heavy atom. The molecule has 2 N–H and O–H groups in total. The van der Waals surface area contributed by atoms with E-state index in [0.29, 0.717) is 0 Å². The molecule has 3 heterocycles. The summed E-state index contributed by atoms with van der Waals surface area (Å²) in [6.07, 6.45) is 3.82. The minimum absolute atomic E-state index is 1.01. The lowest BCUT2D eigenvalue weighted by Crippen LogP contribution is -1.76. The van der Waals surface area contributed by atoms with Gasteiger partial charge < -0.3 is 9.97 Å². The molecule has 1 aromatic carbocycles. The molecular formula is C13H9N3. The Labute approximate surface area is 91.1 Å². The minimum Gasteiger partial charge on any atom is -0.359 e. The molecule has 0 amide bonds. The predicted octanol–water partition coefficient (Wildman–Crippen LogP) is 3.20. The number of aromatic amines is 2. The number of rotatable bonds is 0. The number of nitrogens with one attached hydrogen (secondary N) is 2. The lowest BCUT2D eigenvalue weighted by Gasteiger charge is -1.93. The van der Waals surface area contributed by atoms with Gasteiger partial charge in [-0.3, -0.25) is 4.98 Å². The first-order chi connectivity index (χ1) is 7.93. The van der Waals surface area contributed by atoms with Gasteiger partial charge in [0.2, 0.25) is 0 Å². The van der Waals surface area contributed by atoms with Gasteiger partial charge in [0.1, 0.15) is 0 Å². The molecule has 0 aliphatic rings. The van der Waals surface area contributed by atoms with Gasteiger partial charge in [-0.05, 0) is 12.1 Å². The number of H-pyrrole nitrogens is 2. The Kier molecular flexibility index (Phi) is 1.31. The third-order valence-corrected chi connectivity index (χ3v) is 3.04. The van der Waals surface area contributed by atoms with Crippen molar-refractivity contribution < 1.29 is 0 Å². The highest BCUT2D eigenvalue weighted by Crippen LogP contribution is 2.29. The average Bonchev–Trinajstić information content (AvgIpc) is 2.91. The lowest BCUT2D eigenvalue weighted by molar-refractivity contribution is 1.41. The Morgan fingerprint density at radius 2 is 1.94 bits per heavy atom. The van der Waals surface area contributed by atoms with Crippen molar-refractivity contribution >= 4 is 32.8 Å². The molecule has 0 radical (unpaired) electrons. The number of fused-ring (bicyclic) bond motifs is 5. The van der Waals surface area contributed by atoms with Crippen molar-refractivity contribution in [3.8, 4) is 0 Å². The third-order valence-electron chi connectivity index (χ3n) is 3.04. The van der Waals surface area contributed by atoms with E-state index >= 15 is 0 Å². The van der Waals surface area contributed by atoms with Gasteiger partial charge in [0.05, 0.1) is 22.7 Å². The molecule has 4 rings (SSSR count). The number of hydrogen-bond donors (Lipinski definition) is 2. The minimum atomic E-state index is 1.01. The third kappa shape index (κ3) is 0.852. The SMILES string of the molecule is c1ccc2c(c1)[nH]c1cnc3cc[nH]c3c12. The molecule has 4 aromatic rings. The van der Waals surface area contributed by atoms with Gasteiger partial charge in [-0.15, -0.1) is 0 Å². The van der Waals surface area contributed by atoms with E-state index in [2.05, 4.69) is 33.2 Å². The van der Waals surface area contributed by atoms with Gasteiger partial charge >= 0.3 is 0 Å². The number of hydrogen-bond acceptors (Lipinski definition) is 1. The van der Waals surface area contributed by atoms with Crippen LogP contribution in [0.25, 0.3) is 32.8 Å². The summed E-state index contributed by atoms with van der Waals surface area (Å²) < 4.78 is 0. The van der Waals surface area contributed by atoms with Crippen LogP contribution in [-0.4, -0.2) is 15.0 Å². The highest BCUT2D eigenvalue weighted by atomic mass is 14.8. The summed E-state index contributed by atoms with van der Waals surface area (Å²) in [5, 5.41) is 2.47. The first kappa shape index (κ1) is 7.93. The fourth-order valence-electron chi connectivity index (χ4n) is 2.33. The van der Waals surface area contributed by atoms with E-state index < -0.39 is 0 Å². The number of aromatic nitrogens is 3. The second kappa shape index (κ2) is 2.64. The molecule has 0 saturated heterocycles. The first-order valence-electron chi connectivity index (χ1n) is 5.26. The summed E-state index contributed by atoms with van der Waals surface area (Å²) in [5.41, 5.74) is 4.35. The molecule has 0 aliphatic heterocycles. The Hall–Kier alpha value is -2.29. The van der Waals surface area contributed by atoms with Gasteiger partial charge in [-0.1, -0.05) is 18.2 Å². The van der Waals surface area contributed by atoms with Crippen LogP contribution in [0, 0.1) is 0 Å². The molecule has 3 nitrogen and oxygen atoms in total. The first-order valence-corrected chi connectivity index (χ1v) is 5.26. The van der Waals surface area contributed by atoms with E-state index in [1.807, 2.05) is 24.5 Å². The van der Waals surface area contributed by atoms with Crippen molar-refractivity contribution in [2.75, 3.05) is 0 Å². The van der Waals surface area contributed by atoms with E-state index in [-0.39, 0.29) is 0 Å². The summed E-state index contributed by atoms with van der Waals surface area (Å²) in [5.74, 6) is 0. The normalized spacial score (nSPS) is 11.8. The summed E-state index contributed by atoms with van der Waals surface area (Å²) in [6.45, 7) is 0. The van der Waals surface area contributed by atoms with Crippen LogP contribution in [0.15, 0.2) is 42.7 Å². The molecule has 0 unspecified atom stereocenters. The molecule has 0 fully saturated rings. The number of nitrogens with zero attached hydrogens (tertiary/aromatic N) is 1. The summed E-state index contributed by atoms with van der Waals surface area (Å²) in [7, 11) is 0. The van der Waals surface area contributed by atoms with Gasteiger partial charge in [0.25, 0.3) is 0 Å². The van der Waals surface area contributed by atoms with E-state index in [1.165, 1.54) is 10.8 Å². The molecule has 0 saturated carbocycles. The fourth-order valence-corrected chi connectivity index (χ4v) is 2.33. The van der Waals surface area contributed by atoms with E-state index in [1.54, 1.807) is 0 Å². The van der Waals surface area contributed by atoms with E-state index in [9.17, 15) is 0 Å². The van der Waals surface area contributed by atoms with Crippen LogP contribution >= 0.6 is 0 Å². The Balaban J connectivity index is 2.42. The van der Waals surface area contributed by atoms with Gasteiger partial charge in [-0.25, -0.2) is 0 Å². The fraction of sp³-hybridized carbons (Fsp3) is 0. The quantitative estimate of drug-likeness (QED) is 0.457. The zero-order valence-electron chi connectivity index (χ0n) is 8.49.